The summed E-state index contributed by atoms with van der Waals surface area (Å²) in [5.74, 6) is 2.53. The van der Waals surface area contributed by atoms with E-state index in [1.165, 1.54) is 0 Å². The van der Waals surface area contributed by atoms with Crippen molar-refractivity contribution < 1.29 is 4.52 Å². The summed E-state index contributed by atoms with van der Waals surface area (Å²) in [6.07, 6.45) is 9.53. The zero-order valence-electron chi connectivity index (χ0n) is 19.4. The molecule has 1 N–H and O–H groups in total. The van der Waals surface area contributed by atoms with E-state index >= 15 is 0 Å². The van der Waals surface area contributed by atoms with Crippen molar-refractivity contribution in [2.24, 2.45) is 5.92 Å². The molecule has 5 aromatic rings. The molecular formula is C26H25N7O. The second-order valence-electron chi connectivity index (χ2n) is 9.18. The molecule has 0 radical (unpaired) electrons. The van der Waals surface area contributed by atoms with Gasteiger partial charge in [0.05, 0.1) is 22.9 Å². The van der Waals surface area contributed by atoms with E-state index < -0.39 is 0 Å². The van der Waals surface area contributed by atoms with Crippen molar-refractivity contribution in [2.75, 3.05) is 0 Å². The fraction of sp³-hybridized carbons (Fsp3) is 0.269. The van der Waals surface area contributed by atoms with Crippen LogP contribution in [0.25, 0.3) is 28.5 Å². The van der Waals surface area contributed by atoms with Crippen LogP contribution in [0.5, 0.6) is 0 Å². The molecule has 0 aromatic carbocycles. The van der Waals surface area contributed by atoms with Gasteiger partial charge in [0.2, 0.25) is 0 Å². The molecule has 8 nitrogen and oxygen atoms in total. The van der Waals surface area contributed by atoms with Crippen LogP contribution >= 0.6 is 0 Å². The Labute approximate surface area is 197 Å². The van der Waals surface area contributed by atoms with Crippen molar-refractivity contribution in [3.05, 3.63) is 84.0 Å². The first-order chi connectivity index (χ1) is 16.5. The molecule has 6 rings (SSSR count). The standard InChI is InChI=1S/C26H25N7O/c1-16-4-5-17(2)33(16)23-11-6-18(12-28-23)22-10-9-21(15-27-22)26(3,20-7-8-20)25-31-24(34-32-25)19-13-29-30-14-19/h4-6,9-15,20H,7-8H2,1-3H3,(H,29,30). The fourth-order valence-corrected chi connectivity index (χ4v) is 4.70. The smallest absolute Gasteiger partial charge is 0.261 e. The predicted molar refractivity (Wildman–Crippen MR) is 127 cm³/mol. The normalized spacial score (nSPS) is 15.4. The highest BCUT2D eigenvalue weighted by Gasteiger charge is 2.47. The van der Waals surface area contributed by atoms with E-state index in [0.717, 1.165) is 52.4 Å². The monoisotopic (exact) mass is 451 g/mol. The van der Waals surface area contributed by atoms with Crippen LogP contribution in [0.15, 0.2) is 65.7 Å². The molecule has 170 valence electrons. The van der Waals surface area contributed by atoms with E-state index in [4.69, 9.17) is 14.5 Å². The molecule has 1 aliphatic rings. The number of hydrogen-bond donors (Lipinski definition) is 1. The van der Waals surface area contributed by atoms with Gasteiger partial charge in [-0.25, -0.2) is 4.98 Å². The summed E-state index contributed by atoms with van der Waals surface area (Å²) in [7, 11) is 0. The summed E-state index contributed by atoms with van der Waals surface area (Å²) in [5.41, 5.74) is 5.70. The highest BCUT2D eigenvalue weighted by atomic mass is 16.5. The van der Waals surface area contributed by atoms with E-state index in [2.05, 4.69) is 76.0 Å². The van der Waals surface area contributed by atoms with Crippen LogP contribution < -0.4 is 0 Å². The van der Waals surface area contributed by atoms with Crippen molar-refractivity contribution in [3.63, 3.8) is 0 Å². The number of aryl methyl sites for hydroxylation is 2. The number of hydrogen-bond acceptors (Lipinski definition) is 6. The van der Waals surface area contributed by atoms with Crippen LogP contribution in [-0.4, -0.2) is 34.9 Å². The number of aromatic nitrogens is 7. The molecule has 8 heteroatoms. The van der Waals surface area contributed by atoms with Gasteiger partial charge in [-0.2, -0.15) is 10.1 Å². The Kier molecular flexibility index (Phi) is 4.69. The Balaban J connectivity index is 1.30. The van der Waals surface area contributed by atoms with Gasteiger partial charge in [0, 0.05) is 35.5 Å². The minimum absolute atomic E-state index is 0.359. The number of pyridine rings is 2. The predicted octanol–water partition coefficient (Wildman–Crippen LogP) is 5.04. The molecule has 5 aromatic heterocycles. The molecule has 0 saturated heterocycles. The number of nitrogens with zero attached hydrogens (tertiary/aromatic N) is 6. The lowest BCUT2D eigenvalue weighted by Gasteiger charge is -2.26. The lowest BCUT2D eigenvalue weighted by Crippen LogP contribution is -2.28. The third kappa shape index (κ3) is 3.34. The Bertz CT molecular complexity index is 1410. The Morgan fingerprint density at radius 2 is 1.76 bits per heavy atom. The molecule has 1 unspecified atom stereocenters. The minimum atomic E-state index is -0.359. The van der Waals surface area contributed by atoms with Crippen LogP contribution in [-0.2, 0) is 5.41 Å². The maximum absolute atomic E-state index is 5.55. The Morgan fingerprint density at radius 3 is 2.38 bits per heavy atom. The second-order valence-corrected chi connectivity index (χ2v) is 9.18. The van der Waals surface area contributed by atoms with E-state index in [-0.39, 0.29) is 5.41 Å². The van der Waals surface area contributed by atoms with Crippen molar-refractivity contribution in [3.8, 4) is 28.5 Å². The van der Waals surface area contributed by atoms with Gasteiger partial charge >= 0.3 is 0 Å². The molecule has 1 saturated carbocycles. The summed E-state index contributed by atoms with van der Waals surface area (Å²) in [5, 5.41) is 11.1. The summed E-state index contributed by atoms with van der Waals surface area (Å²) < 4.78 is 7.70. The number of nitrogens with one attached hydrogen (secondary N) is 1. The third-order valence-corrected chi connectivity index (χ3v) is 6.94. The van der Waals surface area contributed by atoms with Gasteiger partial charge in [0.15, 0.2) is 5.82 Å². The average molecular weight is 452 g/mol. The second kappa shape index (κ2) is 7.76. The van der Waals surface area contributed by atoms with Gasteiger partial charge in [0.1, 0.15) is 5.82 Å². The van der Waals surface area contributed by atoms with Crippen LogP contribution in [0.4, 0.5) is 0 Å². The molecule has 34 heavy (non-hydrogen) atoms. The van der Waals surface area contributed by atoms with Crippen molar-refractivity contribution in [2.45, 2.75) is 39.0 Å². The number of H-pyrrole nitrogens is 1. The molecule has 1 atom stereocenters. The molecule has 1 aliphatic carbocycles. The van der Waals surface area contributed by atoms with Crippen LogP contribution in [0.2, 0.25) is 0 Å². The Hall–Kier alpha value is -4.07. The first kappa shape index (κ1) is 20.5. The first-order valence-electron chi connectivity index (χ1n) is 11.5. The summed E-state index contributed by atoms with van der Waals surface area (Å²) >= 11 is 0. The summed E-state index contributed by atoms with van der Waals surface area (Å²) in [6.45, 7) is 6.35. The van der Waals surface area contributed by atoms with Gasteiger partial charge in [-0.3, -0.25) is 10.1 Å². The van der Waals surface area contributed by atoms with E-state index in [0.29, 0.717) is 17.6 Å². The van der Waals surface area contributed by atoms with Gasteiger partial charge in [0.25, 0.3) is 5.89 Å². The summed E-state index contributed by atoms with van der Waals surface area (Å²) in [4.78, 5) is 14.2. The SMILES string of the molecule is Cc1ccc(C)n1-c1ccc(-c2ccc(C(C)(c3noc(-c4cn[nH]c4)n3)C3CC3)cn2)cn1. The molecular weight excluding hydrogens is 426 g/mol. The van der Waals surface area contributed by atoms with Gasteiger partial charge in [-0.15, -0.1) is 0 Å². The maximum Gasteiger partial charge on any atom is 0.261 e. The zero-order valence-corrected chi connectivity index (χ0v) is 19.4. The molecule has 0 bridgehead atoms. The van der Waals surface area contributed by atoms with Crippen molar-refractivity contribution >= 4 is 0 Å². The highest BCUT2D eigenvalue weighted by Crippen LogP contribution is 2.50. The first-order valence-corrected chi connectivity index (χ1v) is 11.5. The molecule has 0 aliphatic heterocycles. The van der Waals surface area contributed by atoms with Crippen molar-refractivity contribution in [1.82, 2.24) is 34.9 Å². The van der Waals surface area contributed by atoms with Crippen LogP contribution in [0, 0.1) is 19.8 Å². The van der Waals surface area contributed by atoms with E-state index in [1.54, 1.807) is 12.4 Å². The fourth-order valence-electron chi connectivity index (χ4n) is 4.70. The quantitative estimate of drug-likeness (QED) is 0.388. The van der Waals surface area contributed by atoms with E-state index in [1.807, 2.05) is 18.5 Å². The zero-order chi connectivity index (χ0) is 23.3. The average Bonchev–Trinajstić information content (AvgIpc) is 3.22. The molecule has 1 fully saturated rings. The van der Waals surface area contributed by atoms with Gasteiger partial charge < -0.3 is 9.09 Å². The topological polar surface area (TPSA) is 98.3 Å². The Morgan fingerprint density at radius 1 is 0.941 bits per heavy atom. The lowest BCUT2D eigenvalue weighted by atomic mass is 9.77. The molecule has 0 spiro atoms. The van der Waals surface area contributed by atoms with Gasteiger partial charge in [-0.1, -0.05) is 11.2 Å². The van der Waals surface area contributed by atoms with Crippen molar-refractivity contribution in [1.29, 1.82) is 0 Å². The van der Waals surface area contributed by atoms with Crippen LogP contribution in [0.1, 0.15) is 42.5 Å². The lowest BCUT2D eigenvalue weighted by molar-refractivity contribution is 0.386. The summed E-state index contributed by atoms with van der Waals surface area (Å²) in [6, 6.07) is 12.5. The molecule has 0 amide bonds. The highest BCUT2D eigenvalue weighted by molar-refractivity contribution is 5.59. The van der Waals surface area contributed by atoms with Crippen LogP contribution in [0.3, 0.4) is 0 Å². The number of aromatic amines is 1. The minimum Gasteiger partial charge on any atom is -0.334 e. The largest absolute Gasteiger partial charge is 0.334 e. The molecule has 5 heterocycles. The third-order valence-electron chi connectivity index (χ3n) is 6.94. The van der Waals surface area contributed by atoms with E-state index in [9.17, 15) is 0 Å². The number of rotatable bonds is 6. The maximum atomic E-state index is 5.55. The van der Waals surface area contributed by atoms with Gasteiger partial charge in [-0.05, 0) is 75.4 Å².